The zero-order valence-corrected chi connectivity index (χ0v) is 7.62. The predicted molar refractivity (Wildman–Crippen MR) is 45.5 cm³/mol. The molecule has 1 aliphatic rings. The van der Waals surface area contributed by atoms with Gasteiger partial charge in [-0.15, -0.1) is 0 Å². The van der Waals surface area contributed by atoms with E-state index in [0.717, 1.165) is 19.5 Å². The lowest BCUT2D eigenvalue weighted by atomic mass is 10.2. The number of hydrogen-bond donors (Lipinski definition) is 1. The van der Waals surface area contributed by atoms with E-state index in [0.29, 0.717) is 5.92 Å². The highest BCUT2D eigenvalue weighted by Crippen LogP contribution is 2.15. The fourth-order valence-electron chi connectivity index (χ4n) is 1.33. The van der Waals surface area contributed by atoms with Gasteiger partial charge >= 0.3 is 6.09 Å². The standard InChI is InChI=1S/C8H16N2O2/c1-6-3-4-10(5-6)8(11)12-7(2)9/h6-7H,3-5,9H2,1-2H3. The SMILES string of the molecule is CC1CCN(C(=O)OC(C)N)C1. The molecule has 12 heavy (non-hydrogen) atoms. The van der Waals surface area contributed by atoms with Crippen molar-refractivity contribution in [3.05, 3.63) is 0 Å². The number of carbonyl (C=O) groups is 1. The molecule has 0 aromatic carbocycles. The summed E-state index contributed by atoms with van der Waals surface area (Å²) in [5.74, 6) is 0.589. The maximum Gasteiger partial charge on any atom is 0.411 e. The van der Waals surface area contributed by atoms with Gasteiger partial charge in [-0.05, 0) is 19.3 Å². The van der Waals surface area contributed by atoms with Crippen LogP contribution in [-0.2, 0) is 4.74 Å². The van der Waals surface area contributed by atoms with Crippen LogP contribution in [-0.4, -0.2) is 30.3 Å². The second-order valence-electron chi connectivity index (χ2n) is 3.43. The van der Waals surface area contributed by atoms with Crippen LogP contribution >= 0.6 is 0 Å². The fraction of sp³-hybridized carbons (Fsp3) is 0.875. The minimum atomic E-state index is -0.506. The number of likely N-dealkylation sites (tertiary alicyclic amines) is 1. The Morgan fingerprint density at radius 3 is 2.83 bits per heavy atom. The summed E-state index contributed by atoms with van der Waals surface area (Å²) < 4.78 is 4.85. The van der Waals surface area contributed by atoms with Crippen molar-refractivity contribution >= 4 is 6.09 Å². The molecule has 70 valence electrons. The highest BCUT2D eigenvalue weighted by atomic mass is 16.6. The second-order valence-corrected chi connectivity index (χ2v) is 3.43. The van der Waals surface area contributed by atoms with Gasteiger partial charge in [0.05, 0.1) is 0 Å². The summed E-state index contributed by atoms with van der Waals surface area (Å²) in [7, 11) is 0. The molecule has 1 rings (SSSR count). The fourth-order valence-corrected chi connectivity index (χ4v) is 1.33. The number of hydrogen-bond acceptors (Lipinski definition) is 3. The van der Waals surface area contributed by atoms with Crippen LogP contribution in [0.2, 0.25) is 0 Å². The smallest absolute Gasteiger partial charge is 0.411 e. The molecule has 0 bridgehead atoms. The average molecular weight is 172 g/mol. The molecule has 1 heterocycles. The Hall–Kier alpha value is -0.770. The van der Waals surface area contributed by atoms with Crippen molar-refractivity contribution in [2.75, 3.05) is 13.1 Å². The lowest BCUT2D eigenvalue weighted by Crippen LogP contribution is -2.34. The third-order valence-corrected chi connectivity index (χ3v) is 1.97. The topological polar surface area (TPSA) is 55.6 Å². The lowest BCUT2D eigenvalue weighted by molar-refractivity contribution is 0.0782. The first kappa shape index (κ1) is 9.32. The number of amides is 1. The normalized spacial score (nSPS) is 25.6. The van der Waals surface area contributed by atoms with E-state index in [1.165, 1.54) is 0 Å². The van der Waals surface area contributed by atoms with E-state index < -0.39 is 6.23 Å². The Labute approximate surface area is 72.7 Å². The van der Waals surface area contributed by atoms with Crippen molar-refractivity contribution in [2.45, 2.75) is 26.5 Å². The second kappa shape index (κ2) is 3.76. The van der Waals surface area contributed by atoms with E-state index in [1.807, 2.05) is 0 Å². The molecule has 2 atom stereocenters. The van der Waals surface area contributed by atoms with Crippen molar-refractivity contribution in [1.29, 1.82) is 0 Å². The van der Waals surface area contributed by atoms with E-state index in [2.05, 4.69) is 6.92 Å². The third kappa shape index (κ3) is 2.37. The largest absolute Gasteiger partial charge is 0.431 e. The number of carbonyl (C=O) groups excluding carboxylic acids is 1. The highest BCUT2D eigenvalue weighted by molar-refractivity contribution is 5.68. The van der Waals surface area contributed by atoms with Gasteiger partial charge in [-0.25, -0.2) is 4.79 Å². The molecule has 1 amide bonds. The summed E-state index contributed by atoms with van der Waals surface area (Å²) in [6.07, 6.45) is 0.274. The minimum Gasteiger partial charge on any atom is -0.431 e. The molecule has 1 aliphatic heterocycles. The quantitative estimate of drug-likeness (QED) is 0.594. The summed E-state index contributed by atoms with van der Waals surface area (Å²) >= 11 is 0. The molecule has 0 radical (unpaired) electrons. The molecule has 1 saturated heterocycles. The number of rotatable bonds is 1. The molecule has 0 spiro atoms. The Morgan fingerprint density at radius 2 is 2.42 bits per heavy atom. The summed E-state index contributed by atoms with van der Waals surface area (Å²) in [5.41, 5.74) is 5.33. The molecule has 4 heteroatoms. The van der Waals surface area contributed by atoms with Crippen LogP contribution in [0.25, 0.3) is 0 Å². The number of nitrogens with zero attached hydrogens (tertiary/aromatic N) is 1. The van der Waals surface area contributed by atoms with E-state index in [1.54, 1.807) is 11.8 Å². The van der Waals surface area contributed by atoms with Gasteiger partial charge in [0, 0.05) is 13.1 Å². The van der Waals surface area contributed by atoms with Crippen LogP contribution in [0, 0.1) is 5.92 Å². The molecular weight excluding hydrogens is 156 g/mol. The molecule has 0 aromatic rings. The van der Waals surface area contributed by atoms with Gasteiger partial charge < -0.3 is 9.64 Å². The van der Waals surface area contributed by atoms with E-state index in [9.17, 15) is 4.79 Å². The Morgan fingerprint density at radius 1 is 1.75 bits per heavy atom. The first-order chi connectivity index (χ1) is 5.59. The van der Waals surface area contributed by atoms with E-state index in [4.69, 9.17) is 10.5 Å². The van der Waals surface area contributed by atoms with Gasteiger partial charge in [0.2, 0.25) is 0 Å². The molecule has 0 saturated carbocycles. The summed E-state index contributed by atoms with van der Waals surface area (Å²) in [6.45, 7) is 5.37. The van der Waals surface area contributed by atoms with Crippen LogP contribution in [0.4, 0.5) is 4.79 Å². The summed E-state index contributed by atoms with van der Waals surface area (Å²) in [6, 6.07) is 0. The van der Waals surface area contributed by atoms with Crippen LogP contribution in [0.5, 0.6) is 0 Å². The van der Waals surface area contributed by atoms with Crippen molar-refractivity contribution in [3.63, 3.8) is 0 Å². The molecule has 0 aromatic heterocycles. The van der Waals surface area contributed by atoms with Gasteiger partial charge in [-0.3, -0.25) is 5.73 Å². The van der Waals surface area contributed by atoms with Gasteiger partial charge in [-0.1, -0.05) is 6.92 Å². The molecular formula is C8H16N2O2. The maximum atomic E-state index is 11.2. The van der Waals surface area contributed by atoms with Crippen molar-refractivity contribution in [3.8, 4) is 0 Å². The summed E-state index contributed by atoms with van der Waals surface area (Å²) in [5, 5.41) is 0. The lowest BCUT2D eigenvalue weighted by Gasteiger charge is -2.17. The number of ether oxygens (including phenoxy) is 1. The molecule has 4 nitrogen and oxygen atoms in total. The van der Waals surface area contributed by atoms with E-state index >= 15 is 0 Å². The first-order valence-corrected chi connectivity index (χ1v) is 4.30. The minimum absolute atomic E-state index is 0.283. The zero-order chi connectivity index (χ0) is 9.14. The monoisotopic (exact) mass is 172 g/mol. The highest BCUT2D eigenvalue weighted by Gasteiger charge is 2.24. The Bertz CT molecular complexity index is 170. The summed E-state index contributed by atoms with van der Waals surface area (Å²) in [4.78, 5) is 12.9. The van der Waals surface area contributed by atoms with Gasteiger partial charge in [-0.2, -0.15) is 0 Å². The van der Waals surface area contributed by atoms with Crippen LogP contribution in [0.1, 0.15) is 20.3 Å². The van der Waals surface area contributed by atoms with Gasteiger partial charge in [0.15, 0.2) is 0 Å². The number of nitrogens with two attached hydrogens (primary N) is 1. The van der Waals surface area contributed by atoms with Crippen molar-refractivity contribution < 1.29 is 9.53 Å². The van der Waals surface area contributed by atoms with Crippen molar-refractivity contribution in [1.82, 2.24) is 4.90 Å². The Kier molecular flexibility index (Phi) is 2.92. The molecule has 2 unspecified atom stereocenters. The third-order valence-electron chi connectivity index (χ3n) is 1.97. The van der Waals surface area contributed by atoms with Crippen LogP contribution in [0.15, 0.2) is 0 Å². The van der Waals surface area contributed by atoms with Gasteiger partial charge in [0.25, 0.3) is 0 Å². The molecule has 1 fully saturated rings. The van der Waals surface area contributed by atoms with Crippen LogP contribution in [0.3, 0.4) is 0 Å². The van der Waals surface area contributed by atoms with Crippen LogP contribution < -0.4 is 5.73 Å². The molecule has 2 N–H and O–H groups in total. The predicted octanol–water partition coefficient (Wildman–Crippen LogP) is 0.769. The Balaban J connectivity index is 2.33. The first-order valence-electron chi connectivity index (χ1n) is 4.30. The zero-order valence-electron chi connectivity index (χ0n) is 7.62. The van der Waals surface area contributed by atoms with Gasteiger partial charge in [0.1, 0.15) is 6.23 Å². The average Bonchev–Trinajstić information content (AvgIpc) is 2.34. The van der Waals surface area contributed by atoms with Crippen molar-refractivity contribution in [2.24, 2.45) is 11.7 Å². The maximum absolute atomic E-state index is 11.2. The van der Waals surface area contributed by atoms with E-state index in [-0.39, 0.29) is 6.09 Å². The molecule has 0 aliphatic carbocycles.